The minimum atomic E-state index is -0.110. The fourth-order valence-electron chi connectivity index (χ4n) is 1.89. The van der Waals surface area contributed by atoms with E-state index in [2.05, 4.69) is 20.8 Å². The van der Waals surface area contributed by atoms with Crippen molar-refractivity contribution in [2.24, 2.45) is 0 Å². The predicted octanol–water partition coefficient (Wildman–Crippen LogP) is 2.11. The highest BCUT2D eigenvalue weighted by Gasteiger charge is 2.05. The quantitative estimate of drug-likeness (QED) is 0.730. The first kappa shape index (κ1) is 15.9. The van der Waals surface area contributed by atoms with E-state index < -0.39 is 0 Å². The van der Waals surface area contributed by atoms with Crippen molar-refractivity contribution in [3.05, 3.63) is 48.0 Å². The summed E-state index contributed by atoms with van der Waals surface area (Å²) in [7, 11) is 1.67. The molecule has 2 aromatic rings. The highest BCUT2D eigenvalue weighted by molar-refractivity contribution is 5.91. The lowest BCUT2D eigenvalue weighted by molar-refractivity contribution is -0.115. The molecule has 0 unspecified atom stereocenters. The SMILES string of the molecule is COCCCNc1ccc(NC(=O)Cc2ccccc2)nn1. The molecule has 6 nitrogen and oxygen atoms in total. The standard InChI is InChI=1S/C16H20N4O2/c1-22-11-5-10-17-14-8-9-15(20-19-14)18-16(21)12-13-6-3-2-4-7-13/h2-4,6-9H,5,10-12H2,1H3,(H,17,19)(H,18,20,21). The summed E-state index contributed by atoms with van der Waals surface area (Å²) in [6.45, 7) is 1.47. The van der Waals surface area contributed by atoms with E-state index in [0.717, 1.165) is 18.5 Å². The average molecular weight is 300 g/mol. The van der Waals surface area contributed by atoms with Gasteiger partial charge < -0.3 is 15.4 Å². The molecule has 2 rings (SSSR count). The Morgan fingerprint density at radius 3 is 2.50 bits per heavy atom. The van der Waals surface area contributed by atoms with Gasteiger partial charge in [0.25, 0.3) is 0 Å². The Labute approximate surface area is 129 Å². The van der Waals surface area contributed by atoms with Gasteiger partial charge in [-0.3, -0.25) is 4.79 Å². The highest BCUT2D eigenvalue weighted by Crippen LogP contribution is 2.07. The summed E-state index contributed by atoms with van der Waals surface area (Å²) in [4.78, 5) is 11.9. The molecule has 0 fully saturated rings. The maximum atomic E-state index is 11.9. The molecule has 0 aliphatic rings. The number of nitrogens with zero attached hydrogens (tertiary/aromatic N) is 2. The highest BCUT2D eigenvalue weighted by atomic mass is 16.5. The fraction of sp³-hybridized carbons (Fsp3) is 0.312. The lowest BCUT2D eigenvalue weighted by Gasteiger charge is -2.06. The van der Waals surface area contributed by atoms with Crippen molar-refractivity contribution in [3.63, 3.8) is 0 Å². The van der Waals surface area contributed by atoms with Crippen LogP contribution in [0.3, 0.4) is 0 Å². The van der Waals surface area contributed by atoms with E-state index in [1.165, 1.54) is 0 Å². The summed E-state index contributed by atoms with van der Waals surface area (Å²) >= 11 is 0. The molecule has 0 saturated carbocycles. The molecule has 0 saturated heterocycles. The smallest absolute Gasteiger partial charge is 0.229 e. The molecule has 6 heteroatoms. The molecule has 0 radical (unpaired) electrons. The first-order chi connectivity index (χ1) is 10.8. The van der Waals surface area contributed by atoms with Crippen molar-refractivity contribution in [3.8, 4) is 0 Å². The molecule has 116 valence electrons. The largest absolute Gasteiger partial charge is 0.385 e. The van der Waals surface area contributed by atoms with Gasteiger partial charge >= 0.3 is 0 Å². The van der Waals surface area contributed by atoms with Crippen LogP contribution in [0.2, 0.25) is 0 Å². The Morgan fingerprint density at radius 1 is 1.09 bits per heavy atom. The monoisotopic (exact) mass is 300 g/mol. The van der Waals surface area contributed by atoms with Crippen LogP contribution < -0.4 is 10.6 Å². The van der Waals surface area contributed by atoms with Crippen LogP contribution in [0.25, 0.3) is 0 Å². The van der Waals surface area contributed by atoms with Crippen molar-refractivity contribution < 1.29 is 9.53 Å². The number of hydrogen-bond acceptors (Lipinski definition) is 5. The summed E-state index contributed by atoms with van der Waals surface area (Å²) in [5, 5.41) is 13.9. The molecule has 0 spiro atoms. The number of hydrogen-bond donors (Lipinski definition) is 2. The molecular formula is C16H20N4O2. The second kappa shape index (κ2) is 8.74. The lowest BCUT2D eigenvalue weighted by Crippen LogP contribution is -2.16. The zero-order chi connectivity index (χ0) is 15.6. The molecule has 0 bridgehead atoms. The van der Waals surface area contributed by atoms with E-state index in [4.69, 9.17) is 4.74 Å². The normalized spacial score (nSPS) is 10.2. The second-order valence-electron chi connectivity index (χ2n) is 4.79. The first-order valence-electron chi connectivity index (χ1n) is 7.18. The van der Waals surface area contributed by atoms with E-state index in [1.807, 2.05) is 30.3 Å². The number of nitrogens with one attached hydrogen (secondary N) is 2. The van der Waals surface area contributed by atoms with Gasteiger partial charge in [-0.1, -0.05) is 30.3 Å². The molecule has 0 aliphatic carbocycles. The maximum Gasteiger partial charge on any atom is 0.229 e. The molecule has 1 amide bonds. The minimum absolute atomic E-state index is 0.110. The van der Waals surface area contributed by atoms with E-state index >= 15 is 0 Å². The maximum absolute atomic E-state index is 11.9. The van der Waals surface area contributed by atoms with Gasteiger partial charge in [0.05, 0.1) is 6.42 Å². The topological polar surface area (TPSA) is 76.1 Å². The minimum Gasteiger partial charge on any atom is -0.385 e. The third-order valence-corrected chi connectivity index (χ3v) is 2.97. The fourth-order valence-corrected chi connectivity index (χ4v) is 1.89. The number of ether oxygens (including phenoxy) is 1. The molecule has 0 aliphatic heterocycles. The summed E-state index contributed by atoms with van der Waals surface area (Å²) in [6, 6.07) is 13.1. The Bertz CT molecular complexity index is 572. The van der Waals surface area contributed by atoms with Gasteiger partial charge in [-0.15, -0.1) is 10.2 Å². The van der Waals surface area contributed by atoms with Gasteiger partial charge in [0, 0.05) is 20.3 Å². The van der Waals surface area contributed by atoms with Crippen LogP contribution in [0.4, 0.5) is 11.6 Å². The molecule has 1 aromatic carbocycles. The van der Waals surface area contributed by atoms with Gasteiger partial charge in [0.2, 0.25) is 5.91 Å². The number of carbonyl (C=O) groups excluding carboxylic acids is 1. The molecule has 1 heterocycles. The third kappa shape index (κ3) is 5.49. The molecule has 22 heavy (non-hydrogen) atoms. The number of aromatic nitrogens is 2. The average Bonchev–Trinajstić information content (AvgIpc) is 2.54. The van der Waals surface area contributed by atoms with Crippen LogP contribution in [0.5, 0.6) is 0 Å². The van der Waals surface area contributed by atoms with Crippen LogP contribution in [0, 0.1) is 0 Å². The zero-order valence-corrected chi connectivity index (χ0v) is 12.6. The number of methoxy groups -OCH3 is 1. The van der Waals surface area contributed by atoms with Crippen LogP contribution in [0.15, 0.2) is 42.5 Å². The number of carbonyl (C=O) groups is 1. The summed E-state index contributed by atoms with van der Waals surface area (Å²) in [5.74, 6) is 1.02. The van der Waals surface area contributed by atoms with Crippen molar-refractivity contribution in [1.29, 1.82) is 0 Å². The number of rotatable bonds is 8. The molecular weight excluding hydrogens is 280 g/mol. The van der Waals surface area contributed by atoms with E-state index in [1.54, 1.807) is 19.2 Å². The van der Waals surface area contributed by atoms with Gasteiger partial charge in [-0.25, -0.2) is 0 Å². The molecule has 1 aromatic heterocycles. The van der Waals surface area contributed by atoms with Gasteiger partial charge in [-0.2, -0.15) is 0 Å². The van der Waals surface area contributed by atoms with Gasteiger partial charge in [-0.05, 0) is 24.1 Å². The number of benzene rings is 1. The predicted molar refractivity (Wildman–Crippen MR) is 85.8 cm³/mol. The first-order valence-corrected chi connectivity index (χ1v) is 7.18. The number of amides is 1. The van der Waals surface area contributed by atoms with Crippen molar-refractivity contribution in [1.82, 2.24) is 10.2 Å². The van der Waals surface area contributed by atoms with Crippen LogP contribution >= 0.6 is 0 Å². The zero-order valence-electron chi connectivity index (χ0n) is 12.6. The molecule has 0 atom stereocenters. The summed E-state index contributed by atoms with van der Waals surface area (Å²) in [5.41, 5.74) is 0.962. The van der Waals surface area contributed by atoms with E-state index in [0.29, 0.717) is 24.7 Å². The molecule has 2 N–H and O–H groups in total. The van der Waals surface area contributed by atoms with Crippen molar-refractivity contribution in [2.75, 3.05) is 30.9 Å². The van der Waals surface area contributed by atoms with Crippen LogP contribution in [-0.2, 0) is 16.0 Å². The van der Waals surface area contributed by atoms with Gasteiger partial charge in [0.1, 0.15) is 5.82 Å². The van der Waals surface area contributed by atoms with Crippen LogP contribution in [0.1, 0.15) is 12.0 Å². The lowest BCUT2D eigenvalue weighted by atomic mass is 10.1. The summed E-state index contributed by atoms with van der Waals surface area (Å²) in [6.07, 6.45) is 1.22. The number of anilines is 2. The van der Waals surface area contributed by atoms with Crippen molar-refractivity contribution >= 4 is 17.5 Å². The third-order valence-electron chi connectivity index (χ3n) is 2.97. The second-order valence-corrected chi connectivity index (χ2v) is 4.79. The Morgan fingerprint density at radius 2 is 1.82 bits per heavy atom. The summed E-state index contributed by atoms with van der Waals surface area (Å²) < 4.78 is 4.97. The Balaban J connectivity index is 1.79. The van der Waals surface area contributed by atoms with E-state index in [9.17, 15) is 4.79 Å². The van der Waals surface area contributed by atoms with Crippen LogP contribution in [-0.4, -0.2) is 36.4 Å². The Hall–Kier alpha value is -2.47. The van der Waals surface area contributed by atoms with E-state index in [-0.39, 0.29) is 5.91 Å². The van der Waals surface area contributed by atoms with Gasteiger partial charge in [0.15, 0.2) is 5.82 Å². The van der Waals surface area contributed by atoms with Crippen molar-refractivity contribution in [2.45, 2.75) is 12.8 Å². The Kier molecular flexibility index (Phi) is 6.32.